The molecule has 0 aromatic heterocycles. The number of hydrogen-bond donors (Lipinski definition) is 1. The normalized spacial score (nSPS) is 13.6. The summed E-state index contributed by atoms with van der Waals surface area (Å²) < 4.78 is 72.2. The summed E-state index contributed by atoms with van der Waals surface area (Å²) in [6.07, 6.45) is -3.66. The Kier molecular flexibility index (Phi) is 7.26. The number of ether oxygens (including phenoxy) is 1. The van der Waals surface area contributed by atoms with Crippen LogP contribution in [0.1, 0.15) is 45.2 Å². The van der Waals surface area contributed by atoms with Crippen molar-refractivity contribution in [1.29, 1.82) is 0 Å². The van der Waals surface area contributed by atoms with Gasteiger partial charge in [-0.1, -0.05) is 12.1 Å². The molecule has 0 radical (unpaired) electrons. The molecule has 4 rings (SSSR count). The number of carbonyl (C=O) groups excluding carboxylic acids is 2. The van der Waals surface area contributed by atoms with Crippen LogP contribution in [0, 0.1) is 0 Å². The lowest BCUT2D eigenvalue weighted by molar-refractivity contribution is -0.137. The highest BCUT2D eigenvalue weighted by Crippen LogP contribution is 2.35. The van der Waals surface area contributed by atoms with E-state index in [-0.39, 0.29) is 24.4 Å². The van der Waals surface area contributed by atoms with Crippen molar-refractivity contribution in [3.63, 3.8) is 0 Å². The summed E-state index contributed by atoms with van der Waals surface area (Å²) in [7, 11) is -4.32. The van der Waals surface area contributed by atoms with E-state index in [0.717, 1.165) is 22.5 Å². The minimum Gasteiger partial charge on any atom is -0.462 e. The molecule has 11 heteroatoms. The number of hydrogen-bond acceptors (Lipinski definition) is 5. The first-order valence-corrected chi connectivity index (χ1v) is 12.9. The minimum atomic E-state index is -4.69. The van der Waals surface area contributed by atoms with E-state index in [2.05, 4.69) is 5.32 Å². The molecule has 0 fully saturated rings. The molecule has 3 aromatic carbocycles. The molecule has 1 heterocycles. The van der Waals surface area contributed by atoms with Gasteiger partial charge in [0.15, 0.2) is 0 Å². The molecule has 1 N–H and O–H groups in total. The van der Waals surface area contributed by atoms with E-state index in [9.17, 15) is 31.2 Å². The second kappa shape index (κ2) is 10.3. The fourth-order valence-electron chi connectivity index (χ4n) is 4.00. The van der Waals surface area contributed by atoms with Gasteiger partial charge in [-0.25, -0.2) is 13.2 Å². The van der Waals surface area contributed by atoms with E-state index in [1.54, 1.807) is 19.1 Å². The molecule has 194 valence electrons. The van der Waals surface area contributed by atoms with Gasteiger partial charge in [0.25, 0.3) is 15.9 Å². The highest BCUT2D eigenvalue weighted by molar-refractivity contribution is 7.92. The van der Waals surface area contributed by atoms with Crippen LogP contribution in [0.3, 0.4) is 0 Å². The SMILES string of the molecule is CCOC(=O)c1ccc(NC(=O)c2ccc3c(c2)N(S(=O)(=O)c2cccc(C(F)(F)F)c2)CCC3)cc1. The first-order chi connectivity index (χ1) is 17.5. The summed E-state index contributed by atoms with van der Waals surface area (Å²) in [5, 5.41) is 2.69. The molecule has 7 nitrogen and oxygen atoms in total. The van der Waals surface area contributed by atoms with Gasteiger partial charge in [-0.2, -0.15) is 13.2 Å². The number of carbonyl (C=O) groups is 2. The molecular weight excluding hydrogens is 509 g/mol. The topological polar surface area (TPSA) is 92.8 Å². The summed E-state index contributed by atoms with van der Waals surface area (Å²) in [5.74, 6) is -1.01. The lowest BCUT2D eigenvalue weighted by atomic mass is 10.0. The number of rotatable bonds is 6. The van der Waals surface area contributed by atoms with Crippen molar-refractivity contribution < 1.29 is 35.9 Å². The van der Waals surface area contributed by atoms with Crippen LogP contribution in [0.5, 0.6) is 0 Å². The van der Waals surface area contributed by atoms with Crippen molar-refractivity contribution in [1.82, 2.24) is 0 Å². The highest BCUT2D eigenvalue weighted by atomic mass is 32.2. The minimum absolute atomic E-state index is 0.0615. The summed E-state index contributed by atoms with van der Waals surface area (Å²) in [5.41, 5.74) is 0.742. The molecule has 1 amide bonds. The van der Waals surface area contributed by atoms with E-state index < -0.39 is 38.5 Å². The fourth-order valence-corrected chi connectivity index (χ4v) is 5.58. The molecule has 1 aliphatic rings. The second-order valence-corrected chi connectivity index (χ2v) is 10.2. The molecule has 0 atom stereocenters. The van der Waals surface area contributed by atoms with Crippen LogP contribution in [-0.4, -0.2) is 33.4 Å². The van der Waals surface area contributed by atoms with Crippen molar-refractivity contribution in [3.8, 4) is 0 Å². The number of sulfonamides is 1. The van der Waals surface area contributed by atoms with Crippen LogP contribution in [0.15, 0.2) is 71.6 Å². The summed E-state index contributed by atoms with van der Waals surface area (Å²) in [6.45, 7) is 1.99. The van der Waals surface area contributed by atoms with E-state index in [0.29, 0.717) is 35.7 Å². The predicted octanol–water partition coefficient (Wildman–Crippen LogP) is 5.28. The molecule has 0 bridgehead atoms. The Morgan fingerprint density at radius 1 is 1.00 bits per heavy atom. The molecule has 0 saturated heterocycles. The number of esters is 1. The van der Waals surface area contributed by atoms with Gasteiger partial charge in [0.2, 0.25) is 0 Å². The van der Waals surface area contributed by atoms with Gasteiger partial charge in [-0.15, -0.1) is 0 Å². The molecule has 37 heavy (non-hydrogen) atoms. The molecular formula is C26H23F3N2O5S. The van der Waals surface area contributed by atoms with E-state index >= 15 is 0 Å². The Hall–Kier alpha value is -3.86. The molecule has 3 aromatic rings. The maximum Gasteiger partial charge on any atom is 0.416 e. The highest BCUT2D eigenvalue weighted by Gasteiger charge is 2.34. The van der Waals surface area contributed by atoms with Crippen LogP contribution in [0.25, 0.3) is 0 Å². The largest absolute Gasteiger partial charge is 0.462 e. The number of benzene rings is 3. The number of aryl methyl sites for hydroxylation is 1. The van der Waals surface area contributed by atoms with Gasteiger partial charge in [-0.05, 0) is 79.9 Å². The number of amides is 1. The Morgan fingerprint density at radius 2 is 1.70 bits per heavy atom. The van der Waals surface area contributed by atoms with Gasteiger partial charge in [-0.3, -0.25) is 9.10 Å². The van der Waals surface area contributed by atoms with Crippen LogP contribution in [0.2, 0.25) is 0 Å². The van der Waals surface area contributed by atoms with Gasteiger partial charge >= 0.3 is 12.1 Å². The number of nitrogens with one attached hydrogen (secondary N) is 1. The van der Waals surface area contributed by atoms with Crippen molar-refractivity contribution in [2.75, 3.05) is 22.8 Å². The lowest BCUT2D eigenvalue weighted by Gasteiger charge is -2.31. The maximum atomic E-state index is 13.4. The monoisotopic (exact) mass is 532 g/mol. The first kappa shape index (κ1) is 26.2. The third-order valence-corrected chi connectivity index (χ3v) is 7.64. The van der Waals surface area contributed by atoms with Crippen molar-refractivity contribution in [3.05, 3.63) is 89.0 Å². The van der Waals surface area contributed by atoms with Gasteiger partial charge < -0.3 is 10.1 Å². The average molecular weight is 533 g/mol. The second-order valence-electron chi connectivity index (χ2n) is 8.30. The van der Waals surface area contributed by atoms with Gasteiger partial charge in [0, 0.05) is 17.8 Å². The molecule has 0 unspecified atom stereocenters. The zero-order valence-corrected chi connectivity index (χ0v) is 20.5. The van der Waals surface area contributed by atoms with Gasteiger partial charge in [0.05, 0.1) is 28.3 Å². The number of nitrogens with zero attached hydrogens (tertiary/aromatic N) is 1. The van der Waals surface area contributed by atoms with Gasteiger partial charge in [0.1, 0.15) is 0 Å². The zero-order chi connectivity index (χ0) is 26.8. The van der Waals surface area contributed by atoms with Crippen molar-refractivity contribution in [2.24, 2.45) is 0 Å². The Balaban J connectivity index is 1.60. The van der Waals surface area contributed by atoms with Crippen LogP contribution >= 0.6 is 0 Å². The lowest BCUT2D eigenvalue weighted by Crippen LogP contribution is -2.36. The summed E-state index contributed by atoms with van der Waals surface area (Å²) >= 11 is 0. The number of anilines is 2. The fraction of sp³-hybridized carbons (Fsp3) is 0.231. The smallest absolute Gasteiger partial charge is 0.416 e. The summed E-state index contributed by atoms with van der Waals surface area (Å²) in [6, 6.07) is 14.3. The third-order valence-electron chi connectivity index (χ3n) is 5.83. The zero-order valence-electron chi connectivity index (χ0n) is 19.7. The van der Waals surface area contributed by atoms with Crippen molar-refractivity contribution >= 4 is 33.3 Å². The van der Waals surface area contributed by atoms with Crippen LogP contribution < -0.4 is 9.62 Å². The quantitative estimate of drug-likeness (QED) is 0.437. The Labute approximate surface area is 211 Å². The van der Waals surface area contributed by atoms with Crippen LogP contribution in [0.4, 0.5) is 24.5 Å². The molecule has 0 aliphatic carbocycles. The Morgan fingerprint density at radius 3 is 2.38 bits per heavy atom. The van der Waals surface area contributed by atoms with E-state index in [4.69, 9.17) is 4.74 Å². The standard InChI is InChI=1S/C26H23F3N2O5S/c1-2-36-25(33)18-10-12-21(13-11-18)30-24(32)19-9-8-17-5-4-14-31(23(17)15-19)37(34,35)22-7-3-6-20(16-22)26(27,28)29/h3,6-13,15-16H,2,4-5,14H2,1H3,(H,30,32). The number of fused-ring (bicyclic) bond motifs is 1. The Bertz CT molecular complexity index is 1440. The molecule has 0 spiro atoms. The third kappa shape index (κ3) is 5.61. The molecule has 0 saturated carbocycles. The molecule has 1 aliphatic heterocycles. The average Bonchev–Trinajstić information content (AvgIpc) is 2.88. The van der Waals surface area contributed by atoms with E-state index in [1.807, 2.05) is 0 Å². The maximum absolute atomic E-state index is 13.4. The van der Waals surface area contributed by atoms with Crippen LogP contribution in [-0.2, 0) is 27.4 Å². The van der Waals surface area contributed by atoms with Crippen molar-refractivity contribution in [2.45, 2.75) is 30.8 Å². The predicted molar refractivity (Wildman–Crippen MR) is 131 cm³/mol. The number of alkyl halides is 3. The van der Waals surface area contributed by atoms with E-state index in [1.165, 1.54) is 30.3 Å². The first-order valence-electron chi connectivity index (χ1n) is 11.4. The summed E-state index contributed by atoms with van der Waals surface area (Å²) in [4.78, 5) is 24.2. The number of halogens is 3.